The van der Waals surface area contributed by atoms with Crippen LogP contribution in [0.2, 0.25) is 0 Å². The van der Waals surface area contributed by atoms with E-state index in [1.165, 1.54) is 0 Å². The highest BCUT2D eigenvalue weighted by atomic mass is 16.6. The number of nitrogens with one attached hydrogen (secondary N) is 1. The first kappa shape index (κ1) is 15.6. The number of hydrogen-bond donors (Lipinski definition) is 1. The van der Waals surface area contributed by atoms with Gasteiger partial charge in [-0.15, -0.1) is 0 Å². The molecule has 1 unspecified atom stereocenters. The van der Waals surface area contributed by atoms with E-state index in [0.717, 1.165) is 44.0 Å². The van der Waals surface area contributed by atoms with E-state index in [-0.39, 0.29) is 10.6 Å². The minimum absolute atomic E-state index is 0.147. The van der Waals surface area contributed by atoms with Gasteiger partial charge in [-0.25, -0.2) is 0 Å². The number of hydrogen-bond acceptors (Lipinski definition) is 5. The third kappa shape index (κ3) is 3.85. The summed E-state index contributed by atoms with van der Waals surface area (Å²) in [6.07, 6.45) is 1.07. The zero-order valence-electron chi connectivity index (χ0n) is 13.0. The molecule has 1 aliphatic rings. The number of anilines is 2. The molecule has 1 aliphatic heterocycles. The van der Waals surface area contributed by atoms with Crippen LogP contribution < -0.4 is 10.2 Å². The lowest BCUT2D eigenvalue weighted by atomic mass is 10.2. The van der Waals surface area contributed by atoms with Gasteiger partial charge in [-0.2, -0.15) is 0 Å². The van der Waals surface area contributed by atoms with Gasteiger partial charge in [0, 0.05) is 49.2 Å². The molecule has 0 saturated carbocycles. The molecule has 0 aliphatic carbocycles. The fourth-order valence-electron chi connectivity index (χ4n) is 2.93. The molecule has 2 rings (SSSR count). The van der Waals surface area contributed by atoms with Crippen molar-refractivity contribution in [1.82, 2.24) is 4.90 Å². The summed E-state index contributed by atoms with van der Waals surface area (Å²) >= 11 is 0. The predicted octanol–water partition coefficient (Wildman–Crippen LogP) is 2.56. The molecule has 116 valence electrons. The van der Waals surface area contributed by atoms with E-state index < -0.39 is 0 Å². The smallest absolute Gasteiger partial charge is 0.273 e. The second-order valence-corrected chi connectivity index (χ2v) is 5.68. The molecule has 1 N–H and O–H groups in total. The maximum atomic E-state index is 11.1. The molecular weight excluding hydrogens is 268 g/mol. The fraction of sp³-hybridized carbons (Fsp3) is 0.600. The molecule has 0 aromatic heterocycles. The quantitative estimate of drug-likeness (QED) is 0.682. The summed E-state index contributed by atoms with van der Waals surface area (Å²) in [7, 11) is 2.12. The van der Waals surface area contributed by atoms with Crippen molar-refractivity contribution in [3.63, 3.8) is 0 Å². The molecule has 1 aromatic carbocycles. The van der Waals surface area contributed by atoms with E-state index in [2.05, 4.69) is 29.1 Å². The number of rotatable bonds is 4. The number of likely N-dealkylation sites (N-methyl/N-ethyl adjacent to an activating group) is 1. The van der Waals surface area contributed by atoms with Crippen LogP contribution in [0.1, 0.15) is 20.3 Å². The third-order valence-corrected chi connectivity index (χ3v) is 3.87. The Kier molecular flexibility index (Phi) is 5.01. The van der Waals surface area contributed by atoms with E-state index in [1.54, 1.807) is 12.1 Å². The lowest BCUT2D eigenvalue weighted by Crippen LogP contribution is -2.38. The Balaban J connectivity index is 2.34. The van der Waals surface area contributed by atoms with Crippen LogP contribution in [-0.4, -0.2) is 49.1 Å². The van der Waals surface area contributed by atoms with Crippen molar-refractivity contribution in [3.05, 3.63) is 28.3 Å². The van der Waals surface area contributed by atoms with Crippen LogP contribution in [0.25, 0.3) is 0 Å². The Morgan fingerprint density at radius 1 is 1.38 bits per heavy atom. The molecule has 1 fully saturated rings. The molecule has 1 atom stereocenters. The van der Waals surface area contributed by atoms with Crippen molar-refractivity contribution in [2.24, 2.45) is 0 Å². The molecule has 6 heteroatoms. The van der Waals surface area contributed by atoms with Gasteiger partial charge in [-0.1, -0.05) is 0 Å². The highest BCUT2D eigenvalue weighted by Crippen LogP contribution is 2.29. The molecule has 0 spiro atoms. The maximum Gasteiger partial charge on any atom is 0.273 e. The van der Waals surface area contributed by atoms with Crippen molar-refractivity contribution in [2.45, 2.75) is 26.3 Å². The summed E-state index contributed by atoms with van der Waals surface area (Å²) in [5, 5.41) is 14.3. The average Bonchev–Trinajstić information content (AvgIpc) is 2.59. The van der Waals surface area contributed by atoms with Gasteiger partial charge < -0.3 is 15.1 Å². The number of nitro groups is 1. The Labute approximate surface area is 125 Å². The Hall–Kier alpha value is -1.82. The maximum absolute atomic E-state index is 11.1. The second-order valence-electron chi connectivity index (χ2n) is 5.68. The number of non-ortho nitro benzene ring substituents is 1. The summed E-state index contributed by atoms with van der Waals surface area (Å²) in [4.78, 5) is 15.4. The summed E-state index contributed by atoms with van der Waals surface area (Å²) < 4.78 is 0. The van der Waals surface area contributed by atoms with Crippen LogP contribution in [0.15, 0.2) is 18.2 Å². The Morgan fingerprint density at radius 2 is 2.14 bits per heavy atom. The highest BCUT2D eigenvalue weighted by Gasteiger charge is 2.22. The average molecular weight is 292 g/mol. The zero-order chi connectivity index (χ0) is 15.4. The molecule has 1 aromatic rings. The largest absolute Gasteiger partial charge is 0.385 e. The van der Waals surface area contributed by atoms with Crippen molar-refractivity contribution >= 4 is 17.1 Å². The van der Waals surface area contributed by atoms with Crippen molar-refractivity contribution in [3.8, 4) is 0 Å². The van der Waals surface area contributed by atoms with Crippen LogP contribution in [-0.2, 0) is 0 Å². The first-order valence-corrected chi connectivity index (χ1v) is 7.49. The number of nitrogens with zero attached hydrogens (tertiary/aromatic N) is 3. The monoisotopic (exact) mass is 292 g/mol. The van der Waals surface area contributed by atoms with Gasteiger partial charge in [0.2, 0.25) is 0 Å². The molecule has 0 radical (unpaired) electrons. The van der Waals surface area contributed by atoms with Crippen LogP contribution in [0.3, 0.4) is 0 Å². The van der Waals surface area contributed by atoms with Gasteiger partial charge in [0.15, 0.2) is 0 Å². The van der Waals surface area contributed by atoms with Crippen LogP contribution in [0.4, 0.5) is 17.1 Å². The number of nitro benzene ring substituents is 1. The Morgan fingerprint density at radius 3 is 2.81 bits per heavy atom. The fourth-order valence-corrected chi connectivity index (χ4v) is 2.93. The molecule has 21 heavy (non-hydrogen) atoms. The molecule has 6 nitrogen and oxygen atoms in total. The molecule has 1 heterocycles. The van der Waals surface area contributed by atoms with Crippen molar-refractivity contribution < 1.29 is 4.92 Å². The molecule has 0 bridgehead atoms. The zero-order valence-corrected chi connectivity index (χ0v) is 13.0. The van der Waals surface area contributed by atoms with Crippen molar-refractivity contribution in [2.75, 3.05) is 43.4 Å². The standard InChI is InChI=1S/C15H24N4O2/c1-4-16-13-8-14(10-15(9-13)19(20)21)18-7-5-6-17(3)11-12(18)2/h8-10,12,16H,4-7,11H2,1-3H3. The summed E-state index contributed by atoms with van der Waals surface area (Å²) in [6.45, 7) is 7.88. The van der Waals surface area contributed by atoms with E-state index in [0.29, 0.717) is 6.04 Å². The van der Waals surface area contributed by atoms with E-state index in [1.807, 2.05) is 13.0 Å². The van der Waals surface area contributed by atoms with Crippen LogP contribution in [0.5, 0.6) is 0 Å². The van der Waals surface area contributed by atoms with Crippen LogP contribution in [0, 0.1) is 10.1 Å². The third-order valence-electron chi connectivity index (χ3n) is 3.87. The summed E-state index contributed by atoms with van der Waals surface area (Å²) in [5.41, 5.74) is 1.89. The SMILES string of the molecule is CCNc1cc(N2CCCN(C)CC2C)cc([N+](=O)[O-])c1. The first-order valence-electron chi connectivity index (χ1n) is 7.49. The Bertz CT molecular complexity index is 506. The molecular formula is C15H24N4O2. The first-order chi connectivity index (χ1) is 10.0. The van der Waals surface area contributed by atoms with E-state index in [4.69, 9.17) is 0 Å². The van der Waals surface area contributed by atoms with Crippen LogP contribution >= 0.6 is 0 Å². The van der Waals surface area contributed by atoms with Crippen molar-refractivity contribution in [1.29, 1.82) is 0 Å². The lowest BCUT2D eigenvalue weighted by molar-refractivity contribution is -0.384. The second kappa shape index (κ2) is 6.76. The van der Waals surface area contributed by atoms with Gasteiger partial charge in [0.25, 0.3) is 5.69 Å². The minimum Gasteiger partial charge on any atom is -0.385 e. The van der Waals surface area contributed by atoms with Gasteiger partial charge >= 0.3 is 0 Å². The number of benzene rings is 1. The van der Waals surface area contributed by atoms with E-state index >= 15 is 0 Å². The normalized spacial score (nSPS) is 20.1. The lowest BCUT2D eigenvalue weighted by Gasteiger charge is -2.30. The minimum atomic E-state index is -0.320. The van der Waals surface area contributed by atoms with Gasteiger partial charge in [-0.3, -0.25) is 10.1 Å². The summed E-state index contributed by atoms with van der Waals surface area (Å²) in [6, 6.07) is 5.64. The topological polar surface area (TPSA) is 61.6 Å². The van der Waals surface area contributed by atoms with E-state index in [9.17, 15) is 10.1 Å². The van der Waals surface area contributed by atoms with Gasteiger partial charge in [0.1, 0.15) is 0 Å². The molecule has 0 amide bonds. The highest BCUT2D eigenvalue weighted by molar-refractivity contribution is 5.65. The summed E-state index contributed by atoms with van der Waals surface area (Å²) in [5.74, 6) is 0. The van der Waals surface area contributed by atoms with Gasteiger partial charge in [-0.05, 0) is 39.9 Å². The van der Waals surface area contributed by atoms with Gasteiger partial charge in [0.05, 0.1) is 4.92 Å². The molecule has 1 saturated heterocycles. The predicted molar refractivity (Wildman–Crippen MR) is 86.2 cm³/mol.